The van der Waals surface area contributed by atoms with Crippen molar-refractivity contribution in [2.45, 2.75) is 6.42 Å². The van der Waals surface area contributed by atoms with Crippen molar-refractivity contribution in [2.75, 3.05) is 7.11 Å². The Hall–Kier alpha value is -1.61. The lowest BCUT2D eigenvalue weighted by atomic mass is 10.2. The van der Waals surface area contributed by atoms with Crippen LogP contribution in [0, 0.1) is 3.57 Å². The number of phenols is 1. The summed E-state index contributed by atoms with van der Waals surface area (Å²) in [4.78, 5) is 12.6. The van der Waals surface area contributed by atoms with E-state index in [1.54, 1.807) is 12.1 Å². The fourth-order valence-electron chi connectivity index (χ4n) is 1.61. The van der Waals surface area contributed by atoms with Gasteiger partial charge in [0.1, 0.15) is 0 Å². The van der Waals surface area contributed by atoms with E-state index in [4.69, 9.17) is 4.74 Å². The Labute approximate surface area is 139 Å². The van der Waals surface area contributed by atoms with Gasteiger partial charge in [0, 0.05) is 4.88 Å². The summed E-state index contributed by atoms with van der Waals surface area (Å²) in [5, 5.41) is 15.6. The van der Waals surface area contributed by atoms with Crippen LogP contribution in [0.25, 0.3) is 0 Å². The minimum atomic E-state index is -0.172. The van der Waals surface area contributed by atoms with E-state index < -0.39 is 0 Å². The number of methoxy groups -OCH3 is 1. The number of halogens is 1. The summed E-state index contributed by atoms with van der Waals surface area (Å²) in [6, 6.07) is 7.20. The Bertz CT molecular complexity index is 656. The van der Waals surface area contributed by atoms with Crippen molar-refractivity contribution in [3.8, 4) is 11.5 Å². The molecule has 1 aromatic carbocycles. The van der Waals surface area contributed by atoms with Gasteiger partial charge < -0.3 is 9.84 Å². The van der Waals surface area contributed by atoms with Gasteiger partial charge in [-0.1, -0.05) is 6.07 Å². The molecule has 0 aliphatic carbocycles. The van der Waals surface area contributed by atoms with E-state index in [1.165, 1.54) is 24.7 Å². The van der Waals surface area contributed by atoms with Gasteiger partial charge in [-0.25, -0.2) is 5.43 Å². The fourth-order valence-corrected chi connectivity index (χ4v) is 2.94. The Balaban J connectivity index is 1.98. The van der Waals surface area contributed by atoms with Gasteiger partial charge in [0.25, 0.3) is 0 Å². The molecule has 0 saturated carbocycles. The summed E-state index contributed by atoms with van der Waals surface area (Å²) < 4.78 is 5.71. The number of nitrogens with one attached hydrogen (secondary N) is 1. The van der Waals surface area contributed by atoms with E-state index in [-0.39, 0.29) is 11.7 Å². The molecule has 2 aromatic rings. The molecular weight excluding hydrogens is 403 g/mol. The highest BCUT2D eigenvalue weighted by Gasteiger charge is 2.07. The minimum Gasteiger partial charge on any atom is -0.504 e. The molecule has 0 atom stereocenters. The van der Waals surface area contributed by atoms with Gasteiger partial charge in [-0.05, 0) is 51.7 Å². The number of rotatable bonds is 5. The Morgan fingerprint density at radius 1 is 1.57 bits per heavy atom. The maximum Gasteiger partial charge on any atom is 0.245 e. The number of nitrogens with zero attached hydrogens (tertiary/aromatic N) is 1. The predicted octanol–water partition coefficient (Wildman–Crippen LogP) is 2.76. The van der Waals surface area contributed by atoms with Gasteiger partial charge >= 0.3 is 0 Å². The second-order valence-electron chi connectivity index (χ2n) is 4.10. The molecule has 0 bridgehead atoms. The SMILES string of the molecule is COc1cc(C=NNC(=O)Cc2cccs2)cc(I)c1O. The quantitative estimate of drug-likeness (QED) is 0.448. The number of carbonyl (C=O) groups excluding carboxylic acids is 1. The molecule has 2 rings (SSSR count). The first-order valence-corrected chi connectivity index (χ1v) is 7.96. The molecule has 0 radical (unpaired) electrons. The first kappa shape index (κ1) is 15.8. The summed E-state index contributed by atoms with van der Waals surface area (Å²) in [6.07, 6.45) is 1.82. The molecular formula is C14H13IN2O3S. The number of amides is 1. The van der Waals surface area contributed by atoms with Crippen molar-refractivity contribution in [1.82, 2.24) is 5.43 Å². The average Bonchev–Trinajstić information content (AvgIpc) is 2.95. The molecule has 1 aromatic heterocycles. The number of benzene rings is 1. The van der Waals surface area contributed by atoms with Crippen molar-refractivity contribution < 1.29 is 14.6 Å². The zero-order valence-electron chi connectivity index (χ0n) is 11.2. The number of phenolic OH excluding ortho intramolecular Hbond substituents is 1. The molecule has 5 nitrogen and oxygen atoms in total. The number of hydrogen-bond acceptors (Lipinski definition) is 5. The lowest BCUT2D eigenvalue weighted by Gasteiger charge is -2.06. The monoisotopic (exact) mass is 416 g/mol. The average molecular weight is 416 g/mol. The van der Waals surface area contributed by atoms with E-state index in [2.05, 4.69) is 10.5 Å². The van der Waals surface area contributed by atoms with E-state index in [9.17, 15) is 9.90 Å². The zero-order chi connectivity index (χ0) is 15.2. The van der Waals surface area contributed by atoms with Gasteiger partial charge in [0.15, 0.2) is 11.5 Å². The van der Waals surface area contributed by atoms with Crippen LogP contribution in [0.1, 0.15) is 10.4 Å². The molecule has 2 N–H and O–H groups in total. The molecule has 0 aliphatic rings. The highest BCUT2D eigenvalue weighted by molar-refractivity contribution is 14.1. The highest BCUT2D eigenvalue weighted by atomic mass is 127. The lowest BCUT2D eigenvalue weighted by molar-refractivity contribution is -0.120. The van der Waals surface area contributed by atoms with Gasteiger partial charge in [-0.2, -0.15) is 5.10 Å². The van der Waals surface area contributed by atoms with Crippen LogP contribution >= 0.6 is 33.9 Å². The van der Waals surface area contributed by atoms with Crippen LogP contribution in [0.3, 0.4) is 0 Å². The molecule has 0 unspecified atom stereocenters. The van der Waals surface area contributed by atoms with Gasteiger partial charge in [-0.3, -0.25) is 4.79 Å². The molecule has 110 valence electrons. The topological polar surface area (TPSA) is 70.9 Å². The second kappa shape index (κ2) is 7.41. The number of carbonyl (C=O) groups is 1. The highest BCUT2D eigenvalue weighted by Crippen LogP contribution is 2.31. The molecule has 1 heterocycles. The number of ether oxygens (including phenoxy) is 1. The third kappa shape index (κ3) is 4.43. The van der Waals surface area contributed by atoms with E-state index in [1.807, 2.05) is 40.1 Å². The van der Waals surface area contributed by atoms with E-state index in [0.29, 0.717) is 15.7 Å². The summed E-state index contributed by atoms with van der Waals surface area (Å²) in [6.45, 7) is 0. The largest absolute Gasteiger partial charge is 0.504 e. The van der Waals surface area contributed by atoms with Gasteiger partial charge in [0.05, 0.1) is 23.3 Å². The van der Waals surface area contributed by atoms with Crippen LogP contribution in [0.2, 0.25) is 0 Å². The van der Waals surface area contributed by atoms with Gasteiger partial charge in [-0.15, -0.1) is 11.3 Å². The summed E-state index contributed by atoms with van der Waals surface area (Å²) in [7, 11) is 1.48. The maximum absolute atomic E-state index is 11.7. The third-order valence-electron chi connectivity index (χ3n) is 2.59. The lowest BCUT2D eigenvalue weighted by Crippen LogP contribution is -2.19. The minimum absolute atomic E-state index is 0.0944. The normalized spacial score (nSPS) is 10.8. The standard InChI is InChI=1S/C14H13IN2O3S/c1-20-12-6-9(5-11(15)14(12)19)8-16-17-13(18)7-10-3-2-4-21-10/h2-6,8,19H,7H2,1H3,(H,17,18). The van der Waals surface area contributed by atoms with Crippen LogP contribution in [-0.4, -0.2) is 24.3 Å². The maximum atomic E-state index is 11.7. The second-order valence-corrected chi connectivity index (χ2v) is 6.30. The molecule has 0 aliphatic heterocycles. The Morgan fingerprint density at radius 3 is 3.05 bits per heavy atom. The zero-order valence-corrected chi connectivity index (χ0v) is 14.1. The Morgan fingerprint density at radius 2 is 2.38 bits per heavy atom. The number of hydrazone groups is 1. The molecule has 0 fully saturated rings. The first-order valence-electron chi connectivity index (χ1n) is 6.01. The van der Waals surface area contributed by atoms with Crippen molar-refractivity contribution in [3.63, 3.8) is 0 Å². The molecule has 7 heteroatoms. The smallest absolute Gasteiger partial charge is 0.245 e. The van der Waals surface area contributed by atoms with Crippen molar-refractivity contribution in [1.29, 1.82) is 0 Å². The Kier molecular flexibility index (Phi) is 5.57. The number of aromatic hydroxyl groups is 1. The molecule has 21 heavy (non-hydrogen) atoms. The van der Waals surface area contributed by atoms with Crippen molar-refractivity contribution in [3.05, 3.63) is 43.7 Å². The molecule has 1 amide bonds. The van der Waals surface area contributed by atoms with Crippen LogP contribution < -0.4 is 10.2 Å². The van der Waals surface area contributed by atoms with Crippen LogP contribution in [0.15, 0.2) is 34.7 Å². The van der Waals surface area contributed by atoms with E-state index in [0.717, 1.165) is 10.4 Å². The van der Waals surface area contributed by atoms with E-state index >= 15 is 0 Å². The summed E-state index contributed by atoms with van der Waals surface area (Å²) in [5.41, 5.74) is 3.20. The third-order valence-corrected chi connectivity index (χ3v) is 4.29. The molecule has 0 spiro atoms. The van der Waals surface area contributed by atoms with Crippen LogP contribution in [0.5, 0.6) is 11.5 Å². The predicted molar refractivity (Wildman–Crippen MR) is 91.1 cm³/mol. The van der Waals surface area contributed by atoms with Crippen molar-refractivity contribution in [2.24, 2.45) is 5.10 Å². The summed E-state index contributed by atoms with van der Waals surface area (Å²) >= 11 is 3.53. The van der Waals surface area contributed by atoms with Crippen molar-refractivity contribution >= 4 is 46.0 Å². The van der Waals surface area contributed by atoms with Gasteiger partial charge in [0.2, 0.25) is 5.91 Å². The summed E-state index contributed by atoms with van der Waals surface area (Å²) in [5.74, 6) is 0.291. The first-order chi connectivity index (χ1) is 10.1. The number of thiophene rings is 1. The molecule has 0 saturated heterocycles. The fraction of sp³-hybridized carbons (Fsp3) is 0.143. The number of hydrogen-bond donors (Lipinski definition) is 2. The van der Waals surface area contributed by atoms with Crippen LogP contribution in [-0.2, 0) is 11.2 Å². The van der Waals surface area contributed by atoms with Crippen LogP contribution in [0.4, 0.5) is 0 Å².